The highest BCUT2D eigenvalue weighted by Gasteiger charge is 2.06. The number of benzene rings is 1. The van der Waals surface area contributed by atoms with Crippen molar-refractivity contribution in [2.45, 2.75) is 20.4 Å². The number of fused-ring (bicyclic) bond motifs is 1. The minimum absolute atomic E-state index is 0.408. The van der Waals surface area contributed by atoms with Crippen molar-refractivity contribution in [3.8, 4) is 5.75 Å². The Kier molecular flexibility index (Phi) is 5.32. The summed E-state index contributed by atoms with van der Waals surface area (Å²) in [5, 5.41) is 1.01. The predicted octanol–water partition coefficient (Wildman–Crippen LogP) is 2.74. The zero-order valence-electron chi connectivity index (χ0n) is 12.1. The first-order valence-electron chi connectivity index (χ1n) is 7.00. The predicted molar refractivity (Wildman–Crippen MR) is 80.8 cm³/mol. The molecule has 0 saturated heterocycles. The number of hydrogen-bond donors (Lipinski definition) is 1. The molecule has 4 nitrogen and oxygen atoms in total. The molecule has 1 heterocycles. The minimum Gasteiger partial charge on any atom is -0.490 e. The number of nitrogens with zero attached hydrogens (tertiary/aromatic N) is 1. The highest BCUT2D eigenvalue weighted by atomic mass is 16.5. The van der Waals surface area contributed by atoms with Gasteiger partial charge < -0.3 is 15.2 Å². The van der Waals surface area contributed by atoms with Gasteiger partial charge in [0.25, 0.3) is 0 Å². The lowest BCUT2D eigenvalue weighted by Gasteiger charge is -2.11. The van der Waals surface area contributed by atoms with Crippen LogP contribution in [0.5, 0.6) is 5.75 Å². The van der Waals surface area contributed by atoms with Gasteiger partial charge in [0.1, 0.15) is 12.4 Å². The molecule has 0 aliphatic heterocycles. The average molecular weight is 274 g/mol. The second kappa shape index (κ2) is 7.22. The van der Waals surface area contributed by atoms with Crippen LogP contribution in [0.4, 0.5) is 0 Å². The van der Waals surface area contributed by atoms with Crippen molar-refractivity contribution in [2.24, 2.45) is 11.7 Å². The van der Waals surface area contributed by atoms with Gasteiger partial charge in [0.2, 0.25) is 0 Å². The van der Waals surface area contributed by atoms with Crippen LogP contribution in [-0.4, -0.2) is 24.8 Å². The molecule has 0 bridgehead atoms. The molecule has 2 rings (SSSR count). The fourth-order valence-corrected chi connectivity index (χ4v) is 1.95. The normalized spacial score (nSPS) is 11.2. The van der Waals surface area contributed by atoms with Gasteiger partial charge in [0, 0.05) is 24.6 Å². The van der Waals surface area contributed by atoms with Crippen LogP contribution in [0.2, 0.25) is 0 Å². The van der Waals surface area contributed by atoms with Crippen LogP contribution in [0, 0.1) is 5.92 Å². The van der Waals surface area contributed by atoms with Crippen LogP contribution < -0.4 is 10.5 Å². The smallest absolute Gasteiger partial charge is 0.130 e. The maximum Gasteiger partial charge on any atom is 0.130 e. The van der Waals surface area contributed by atoms with E-state index in [9.17, 15) is 0 Å². The van der Waals surface area contributed by atoms with Gasteiger partial charge >= 0.3 is 0 Å². The van der Waals surface area contributed by atoms with Crippen molar-refractivity contribution in [1.29, 1.82) is 0 Å². The van der Waals surface area contributed by atoms with E-state index in [1.54, 1.807) is 0 Å². The molecule has 2 aromatic rings. The maximum atomic E-state index is 5.82. The van der Waals surface area contributed by atoms with Crippen LogP contribution in [0.3, 0.4) is 0 Å². The molecule has 0 radical (unpaired) electrons. The molecule has 0 unspecified atom stereocenters. The van der Waals surface area contributed by atoms with E-state index in [0.29, 0.717) is 25.7 Å². The zero-order valence-corrected chi connectivity index (χ0v) is 12.1. The van der Waals surface area contributed by atoms with E-state index in [0.717, 1.165) is 29.0 Å². The monoisotopic (exact) mass is 274 g/mol. The summed E-state index contributed by atoms with van der Waals surface area (Å²) in [7, 11) is 0. The fraction of sp³-hybridized carbons (Fsp3) is 0.438. The summed E-state index contributed by atoms with van der Waals surface area (Å²) in [5.41, 5.74) is 7.42. The number of aromatic nitrogens is 1. The van der Waals surface area contributed by atoms with Crippen LogP contribution in [0.25, 0.3) is 10.9 Å². The molecule has 1 aromatic carbocycles. The van der Waals surface area contributed by atoms with E-state index in [1.165, 1.54) is 0 Å². The highest BCUT2D eigenvalue weighted by Crippen LogP contribution is 2.25. The molecular formula is C16H22N2O2. The Hall–Kier alpha value is -1.65. The van der Waals surface area contributed by atoms with E-state index < -0.39 is 0 Å². The van der Waals surface area contributed by atoms with Crippen LogP contribution in [-0.2, 0) is 11.3 Å². The highest BCUT2D eigenvalue weighted by molar-refractivity contribution is 5.85. The summed E-state index contributed by atoms with van der Waals surface area (Å²) in [6, 6.07) is 9.83. The molecule has 0 aliphatic rings. The van der Waals surface area contributed by atoms with E-state index in [2.05, 4.69) is 18.8 Å². The lowest BCUT2D eigenvalue weighted by molar-refractivity contribution is 0.0823. The number of hydrogen-bond acceptors (Lipinski definition) is 4. The summed E-state index contributed by atoms with van der Waals surface area (Å²) in [6.45, 7) is 6.55. The van der Waals surface area contributed by atoms with Gasteiger partial charge in [-0.2, -0.15) is 0 Å². The van der Waals surface area contributed by atoms with Gasteiger partial charge in [0.15, 0.2) is 0 Å². The Labute approximate surface area is 119 Å². The van der Waals surface area contributed by atoms with E-state index in [1.807, 2.05) is 30.3 Å². The van der Waals surface area contributed by atoms with Crippen molar-refractivity contribution >= 4 is 10.9 Å². The number of nitrogens with two attached hydrogens (primary N) is 1. The summed E-state index contributed by atoms with van der Waals surface area (Å²) < 4.78 is 11.3. The summed E-state index contributed by atoms with van der Waals surface area (Å²) >= 11 is 0. The number of ether oxygens (including phenoxy) is 2. The molecule has 4 heteroatoms. The molecule has 1 aromatic heterocycles. The van der Waals surface area contributed by atoms with Crippen molar-refractivity contribution in [2.75, 3.05) is 19.8 Å². The summed E-state index contributed by atoms with van der Waals surface area (Å²) in [5.74, 6) is 1.37. The Bertz CT molecular complexity index is 555. The Balaban J connectivity index is 2.04. The molecule has 0 amide bonds. The third-order valence-electron chi connectivity index (χ3n) is 2.88. The van der Waals surface area contributed by atoms with E-state index >= 15 is 0 Å². The summed E-state index contributed by atoms with van der Waals surface area (Å²) in [6.07, 6.45) is 0. The molecule has 20 heavy (non-hydrogen) atoms. The first-order valence-corrected chi connectivity index (χ1v) is 7.00. The van der Waals surface area contributed by atoms with Crippen molar-refractivity contribution in [1.82, 2.24) is 4.98 Å². The average Bonchev–Trinajstić information content (AvgIpc) is 2.46. The van der Waals surface area contributed by atoms with Gasteiger partial charge in [0.05, 0.1) is 17.8 Å². The molecule has 0 aliphatic carbocycles. The lowest BCUT2D eigenvalue weighted by Crippen LogP contribution is -2.11. The van der Waals surface area contributed by atoms with Gasteiger partial charge in [-0.1, -0.05) is 26.0 Å². The topological polar surface area (TPSA) is 57.4 Å². The second-order valence-corrected chi connectivity index (χ2v) is 5.15. The van der Waals surface area contributed by atoms with Crippen molar-refractivity contribution in [3.63, 3.8) is 0 Å². The Morgan fingerprint density at radius 2 is 2.00 bits per heavy atom. The fourth-order valence-electron chi connectivity index (χ4n) is 1.95. The number of para-hydroxylation sites is 1. The largest absolute Gasteiger partial charge is 0.490 e. The standard InChI is InChI=1S/C16H22N2O2/c1-12(2)11-19-7-8-20-16-9-13(10-17)18-15-6-4-3-5-14(15)16/h3-6,9,12H,7-8,10-11,17H2,1-2H3. The second-order valence-electron chi connectivity index (χ2n) is 5.15. The molecular weight excluding hydrogens is 252 g/mol. The van der Waals surface area contributed by atoms with Crippen molar-refractivity contribution in [3.05, 3.63) is 36.0 Å². The molecule has 0 saturated carbocycles. The molecule has 0 spiro atoms. The summed E-state index contributed by atoms with van der Waals surface area (Å²) in [4.78, 5) is 4.49. The molecule has 0 fully saturated rings. The van der Waals surface area contributed by atoms with Gasteiger partial charge in [-0.3, -0.25) is 4.98 Å². The van der Waals surface area contributed by atoms with Gasteiger partial charge in [-0.25, -0.2) is 0 Å². The van der Waals surface area contributed by atoms with Gasteiger partial charge in [-0.05, 0) is 18.1 Å². The molecule has 108 valence electrons. The molecule has 0 atom stereocenters. The lowest BCUT2D eigenvalue weighted by atomic mass is 10.2. The maximum absolute atomic E-state index is 5.82. The quantitative estimate of drug-likeness (QED) is 0.789. The number of pyridine rings is 1. The van der Waals surface area contributed by atoms with E-state index in [4.69, 9.17) is 15.2 Å². The van der Waals surface area contributed by atoms with Crippen LogP contribution in [0.1, 0.15) is 19.5 Å². The zero-order chi connectivity index (χ0) is 14.4. The first kappa shape index (κ1) is 14.8. The third-order valence-corrected chi connectivity index (χ3v) is 2.88. The van der Waals surface area contributed by atoms with Crippen LogP contribution in [0.15, 0.2) is 30.3 Å². The number of rotatable bonds is 7. The van der Waals surface area contributed by atoms with Crippen molar-refractivity contribution < 1.29 is 9.47 Å². The Morgan fingerprint density at radius 1 is 1.20 bits per heavy atom. The first-order chi connectivity index (χ1) is 9.70. The minimum atomic E-state index is 0.408. The SMILES string of the molecule is CC(C)COCCOc1cc(CN)nc2ccccc12. The Morgan fingerprint density at radius 3 is 2.75 bits per heavy atom. The molecule has 2 N–H and O–H groups in total. The van der Waals surface area contributed by atoms with E-state index in [-0.39, 0.29) is 0 Å². The van der Waals surface area contributed by atoms with Gasteiger partial charge in [-0.15, -0.1) is 0 Å². The van der Waals surface area contributed by atoms with Crippen LogP contribution >= 0.6 is 0 Å². The third kappa shape index (κ3) is 3.92.